The number of aliphatic hydroxyl groups excluding tert-OH is 2. The zero-order valence-electron chi connectivity index (χ0n) is 59.0. The molecule has 87 heavy (non-hydrogen) atoms. The van der Waals surface area contributed by atoms with E-state index in [4.69, 9.17) is 4.74 Å². The Morgan fingerprint density at radius 2 is 0.540 bits per heavy atom. The molecule has 0 aromatic heterocycles. The molecule has 2 unspecified atom stereocenters. The minimum absolute atomic E-state index is 0.0116. The Kier molecular flexibility index (Phi) is 74.8. The summed E-state index contributed by atoms with van der Waals surface area (Å²) >= 11 is 0. The van der Waals surface area contributed by atoms with Crippen LogP contribution in [-0.2, 0) is 14.3 Å². The predicted molar refractivity (Wildman–Crippen MR) is 384 cm³/mol. The second-order valence-corrected chi connectivity index (χ2v) is 27.4. The average molecular weight is 1220 g/mol. The summed E-state index contributed by atoms with van der Waals surface area (Å²) in [7, 11) is 0. The molecule has 6 heteroatoms. The Morgan fingerprint density at radius 3 is 0.839 bits per heavy atom. The Labute approximate surface area is 544 Å². The van der Waals surface area contributed by atoms with Gasteiger partial charge in [0.25, 0.3) is 0 Å². The molecule has 0 aromatic rings. The summed E-state index contributed by atoms with van der Waals surface area (Å²) in [6.45, 7) is 4.92. The lowest BCUT2D eigenvalue weighted by molar-refractivity contribution is -0.143. The van der Waals surface area contributed by atoms with Crippen LogP contribution in [0.3, 0.4) is 0 Å². The summed E-state index contributed by atoms with van der Waals surface area (Å²) in [5.41, 5.74) is 0. The van der Waals surface area contributed by atoms with Crippen LogP contribution in [0.4, 0.5) is 0 Å². The van der Waals surface area contributed by atoms with E-state index in [1.54, 1.807) is 6.08 Å². The highest BCUT2D eigenvalue weighted by Crippen LogP contribution is 2.20. The molecule has 0 aromatic carbocycles. The lowest BCUT2D eigenvalue weighted by atomic mass is 10.0. The average Bonchev–Trinajstić information content (AvgIpc) is 3.52. The number of hydrogen-bond donors (Lipinski definition) is 3. The molecule has 1 amide bonds. The molecule has 514 valence electrons. The fourth-order valence-corrected chi connectivity index (χ4v) is 12.6. The zero-order valence-corrected chi connectivity index (χ0v) is 59.0. The van der Waals surface area contributed by atoms with Gasteiger partial charge in [0.15, 0.2) is 0 Å². The standard InChI is InChI=1S/C81H155NO5/c1-3-5-7-9-11-13-15-17-18-19-20-38-41-44-47-50-53-57-61-65-69-73-79(84)78(77-83)82-80(85)74-70-66-62-58-54-51-48-45-42-39-36-34-32-30-28-26-24-22-21-23-25-27-29-31-33-35-37-40-43-46-49-52-56-60-64-68-72-76-87-81(86)75-71-67-63-59-55-16-14-12-10-8-6-4-2/h12,14,21,23,69,73,78-79,83-84H,3-11,13,15-20,22,24-68,70-72,74-77H2,1-2H3,(H,82,85)/b14-12-,23-21-,73-69+. The highest BCUT2D eigenvalue weighted by Gasteiger charge is 2.18. The minimum Gasteiger partial charge on any atom is -0.466 e. The van der Waals surface area contributed by atoms with Gasteiger partial charge in [0.1, 0.15) is 0 Å². The van der Waals surface area contributed by atoms with Crippen LogP contribution < -0.4 is 5.32 Å². The van der Waals surface area contributed by atoms with Crippen molar-refractivity contribution in [3.63, 3.8) is 0 Å². The van der Waals surface area contributed by atoms with E-state index in [0.29, 0.717) is 19.4 Å². The number of aliphatic hydroxyl groups is 2. The van der Waals surface area contributed by atoms with Gasteiger partial charge in [-0.25, -0.2) is 0 Å². The Hall–Kier alpha value is -1.92. The number of carbonyl (C=O) groups is 2. The minimum atomic E-state index is -0.843. The summed E-state index contributed by atoms with van der Waals surface area (Å²) in [5.74, 6) is -0.0478. The topological polar surface area (TPSA) is 95.9 Å². The van der Waals surface area contributed by atoms with Gasteiger partial charge in [-0.3, -0.25) is 9.59 Å². The monoisotopic (exact) mass is 1220 g/mol. The van der Waals surface area contributed by atoms with Gasteiger partial charge in [-0.05, 0) is 83.5 Å². The molecular weight excluding hydrogens is 1070 g/mol. The number of amides is 1. The fourth-order valence-electron chi connectivity index (χ4n) is 12.6. The molecule has 0 heterocycles. The van der Waals surface area contributed by atoms with Crippen LogP contribution >= 0.6 is 0 Å². The summed E-state index contributed by atoms with van der Waals surface area (Å²) < 4.78 is 5.48. The van der Waals surface area contributed by atoms with Crippen molar-refractivity contribution in [2.24, 2.45) is 0 Å². The van der Waals surface area contributed by atoms with Crippen molar-refractivity contribution >= 4 is 11.9 Å². The number of allylic oxidation sites excluding steroid dienone is 5. The third-order valence-corrected chi connectivity index (χ3v) is 18.6. The van der Waals surface area contributed by atoms with Crippen molar-refractivity contribution in [3.05, 3.63) is 36.5 Å². The molecule has 0 aliphatic carbocycles. The van der Waals surface area contributed by atoms with E-state index in [2.05, 4.69) is 43.5 Å². The zero-order chi connectivity index (χ0) is 62.8. The summed E-state index contributed by atoms with van der Waals surface area (Å²) in [5, 5.41) is 23.3. The van der Waals surface area contributed by atoms with Gasteiger partial charge in [-0.2, -0.15) is 0 Å². The van der Waals surface area contributed by atoms with Gasteiger partial charge in [0.2, 0.25) is 5.91 Å². The number of esters is 1. The molecule has 0 rings (SSSR count). The van der Waals surface area contributed by atoms with E-state index in [1.807, 2.05) is 6.08 Å². The smallest absolute Gasteiger partial charge is 0.305 e. The van der Waals surface area contributed by atoms with Crippen LogP contribution in [0, 0.1) is 0 Å². The van der Waals surface area contributed by atoms with Crippen LogP contribution in [-0.4, -0.2) is 47.4 Å². The van der Waals surface area contributed by atoms with Crippen LogP contribution in [0.2, 0.25) is 0 Å². The maximum absolute atomic E-state index is 12.5. The van der Waals surface area contributed by atoms with Crippen molar-refractivity contribution in [3.8, 4) is 0 Å². The van der Waals surface area contributed by atoms with Crippen LogP contribution in [0.25, 0.3) is 0 Å². The van der Waals surface area contributed by atoms with Crippen molar-refractivity contribution in [2.75, 3.05) is 13.2 Å². The Morgan fingerprint density at radius 1 is 0.310 bits per heavy atom. The Balaban J connectivity index is 3.36. The highest BCUT2D eigenvalue weighted by atomic mass is 16.5. The molecule has 2 atom stereocenters. The van der Waals surface area contributed by atoms with E-state index < -0.39 is 12.1 Å². The van der Waals surface area contributed by atoms with Crippen LogP contribution in [0.1, 0.15) is 444 Å². The lowest BCUT2D eigenvalue weighted by Crippen LogP contribution is -2.45. The van der Waals surface area contributed by atoms with E-state index in [1.165, 1.54) is 372 Å². The molecule has 0 fully saturated rings. The third kappa shape index (κ3) is 73.0. The number of hydrogen-bond acceptors (Lipinski definition) is 5. The van der Waals surface area contributed by atoms with E-state index >= 15 is 0 Å². The quantitative estimate of drug-likeness (QED) is 0.0320. The van der Waals surface area contributed by atoms with E-state index in [0.717, 1.165) is 44.9 Å². The first kappa shape index (κ1) is 85.1. The van der Waals surface area contributed by atoms with Gasteiger partial charge < -0.3 is 20.3 Å². The molecule has 3 N–H and O–H groups in total. The second-order valence-electron chi connectivity index (χ2n) is 27.4. The van der Waals surface area contributed by atoms with Gasteiger partial charge in [-0.15, -0.1) is 0 Å². The summed E-state index contributed by atoms with van der Waals surface area (Å²) in [6, 6.07) is -0.626. The molecule has 0 saturated heterocycles. The molecular formula is C81H155NO5. The van der Waals surface area contributed by atoms with Crippen molar-refractivity contribution in [1.82, 2.24) is 5.32 Å². The van der Waals surface area contributed by atoms with Gasteiger partial charge in [0, 0.05) is 12.8 Å². The molecule has 0 aliphatic heterocycles. The first-order valence-corrected chi connectivity index (χ1v) is 39.8. The van der Waals surface area contributed by atoms with Crippen molar-refractivity contribution in [2.45, 2.75) is 456 Å². The fraction of sp³-hybridized carbons (Fsp3) is 0.901. The van der Waals surface area contributed by atoms with E-state index in [-0.39, 0.29) is 18.5 Å². The SMILES string of the molecule is CCCCC/C=C\CCCCCCCC(=O)OCCCCCCCCCCCCCCCCCC/C=C\CCCCCCCCCCCCCCCCCCCC(=O)NC(CO)C(O)/C=C/CCCCCCCCCCCCCCCCCCCCC. The molecule has 0 aliphatic rings. The Bertz CT molecular complexity index is 1410. The van der Waals surface area contributed by atoms with Crippen LogP contribution in [0.15, 0.2) is 36.5 Å². The first-order valence-electron chi connectivity index (χ1n) is 39.8. The number of nitrogens with one attached hydrogen (secondary N) is 1. The molecule has 6 nitrogen and oxygen atoms in total. The van der Waals surface area contributed by atoms with Crippen molar-refractivity contribution in [1.29, 1.82) is 0 Å². The van der Waals surface area contributed by atoms with Gasteiger partial charge >= 0.3 is 5.97 Å². The van der Waals surface area contributed by atoms with Crippen molar-refractivity contribution < 1.29 is 24.5 Å². The summed E-state index contributed by atoms with van der Waals surface area (Å²) in [6.07, 6.45) is 99.9. The third-order valence-electron chi connectivity index (χ3n) is 18.6. The second kappa shape index (κ2) is 76.5. The lowest BCUT2D eigenvalue weighted by Gasteiger charge is -2.20. The molecule has 0 spiro atoms. The van der Waals surface area contributed by atoms with Crippen LogP contribution in [0.5, 0.6) is 0 Å². The number of ether oxygens (including phenoxy) is 1. The summed E-state index contributed by atoms with van der Waals surface area (Å²) in [4.78, 5) is 24.6. The predicted octanol–water partition coefficient (Wildman–Crippen LogP) is 26.2. The van der Waals surface area contributed by atoms with E-state index in [9.17, 15) is 19.8 Å². The molecule has 0 radical (unpaired) electrons. The number of carbonyl (C=O) groups excluding carboxylic acids is 2. The maximum atomic E-state index is 12.5. The molecule has 0 saturated carbocycles. The number of unbranched alkanes of at least 4 members (excludes halogenated alkanes) is 60. The largest absolute Gasteiger partial charge is 0.466 e. The maximum Gasteiger partial charge on any atom is 0.305 e. The first-order chi connectivity index (χ1) is 43.0. The number of rotatable bonds is 75. The van der Waals surface area contributed by atoms with Gasteiger partial charge in [0.05, 0.1) is 25.4 Å². The van der Waals surface area contributed by atoms with Gasteiger partial charge in [-0.1, -0.05) is 384 Å². The molecule has 0 bridgehead atoms. The highest BCUT2D eigenvalue weighted by molar-refractivity contribution is 5.76. The normalized spacial score (nSPS) is 12.6.